The van der Waals surface area contributed by atoms with E-state index in [2.05, 4.69) is 0 Å². The van der Waals surface area contributed by atoms with Crippen LogP contribution in [0, 0.1) is 13.8 Å². The van der Waals surface area contributed by atoms with Gasteiger partial charge in [0.1, 0.15) is 0 Å². The molecule has 0 spiro atoms. The number of benzene rings is 1. The summed E-state index contributed by atoms with van der Waals surface area (Å²) >= 11 is 0. The summed E-state index contributed by atoms with van der Waals surface area (Å²) in [6.07, 6.45) is 4.95. The molecule has 0 saturated carbocycles. The average molecular weight is 390 g/mol. The molecule has 0 amide bonds. The van der Waals surface area contributed by atoms with E-state index >= 15 is 0 Å². The number of aryl methyl sites for hydroxylation is 2. The zero-order valence-corrected chi connectivity index (χ0v) is 17.2. The van der Waals surface area contributed by atoms with Crippen LogP contribution in [0.3, 0.4) is 0 Å². The van der Waals surface area contributed by atoms with Crippen molar-refractivity contribution in [2.24, 2.45) is 7.05 Å². The molecule has 29 heavy (non-hydrogen) atoms. The molecular weight excluding hydrogens is 364 g/mol. The number of Topliss-reactive ketones (excluding diaryl/α,β-unsaturated/α-hetero) is 1. The first-order chi connectivity index (χ1) is 14.0. The Morgan fingerprint density at radius 1 is 1.10 bits per heavy atom. The molecule has 5 nitrogen and oxygen atoms in total. The van der Waals surface area contributed by atoms with Crippen LogP contribution >= 0.6 is 0 Å². The number of ketones is 1. The van der Waals surface area contributed by atoms with Crippen LogP contribution in [-0.4, -0.2) is 27.9 Å². The van der Waals surface area contributed by atoms with Gasteiger partial charge in [-0.05, 0) is 57.2 Å². The van der Waals surface area contributed by atoms with Crippen molar-refractivity contribution >= 4 is 22.7 Å². The van der Waals surface area contributed by atoms with Gasteiger partial charge in [0.2, 0.25) is 5.78 Å². The van der Waals surface area contributed by atoms with E-state index in [1.54, 1.807) is 0 Å². The van der Waals surface area contributed by atoms with Crippen molar-refractivity contribution in [1.29, 1.82) is 0 Å². The number of hydrogen-bond acceptors (Lipinski definition) is 4. The van der Waals surface area contributed by atoms with Gasteiger partial charge in [-0.1, -0.05) is 24.6 Å². The molecule has 0 unspecified atom stereocenters. The second kappa shape index (κ2) is 7.82. The lowest BCUT2D eigenvalue weighted by atomic mass is 9.97. The topological polar surface area (TPSA) is 61.2 Å². The predicted molar refractivity (Wildman–Crippen MR) is 113 cm³/mol. The normalized spacial score (nSPS) is 13.8. The van der Waals surface area contributed by atoms with Crippen LogP contribution in [0.2, 0.25) is 0 Å². The zero-order chi connectivity index (χ0) is 20.5. The smallest absolute Gasteiger partial charge is 0.339 e. The van der Waals surface area contributed by atoms with Gasteiger partial charge in [-0.2, -0.15) is 0 Å². The van der Waals surface area contributed by atoms with Gasteiger partial charge in [0.25, 0.3) is 0 Å². The molecule has 5 heteroatoms. The largest absolute Gasteiger partial charge is 0.454 e. The Bertz CT molecular complexity index is 1110. The van der Waals surface area contributed by atoms with E-state index in [-0.39, 0.29) is 12.4 Å². The molecule has 0 aliphatic heterocycles. The first kappa shape index (κ1) is 19.4. The lowest BCUT2D eigenvalue weighted by Crippen LogP contribution is -2.17. The second-order valence-corrected chi connectivity index (χ2v) is 7.83. The van der Waals surface area contributed by atoms with Crippen molar-refractivity contribution < 1.29 is 14.3 Å². The van der Waals surface area contributed by atoms with Crippen LogP contribution < -0.4 is 0 Å². The molecule has 150 valence electrons. The molecule has 4 rings (SSSR count). The summed E-state index contributed by atoms with van der Waals surface area (Å²) in [4.78, 5) is 30.6. The Morgan fingerprint density at radius 2 is 1.86 bits per heavy atom. The first-order valence-electron chi connectivity index (χ1n) is 10.2. The van der Waals surface area contributed by atoms with Crippen molar-refractivity contribution in [3.8, 4) is 0 Å². The van der Waals surface area contributed by atoms with Crippen molar-refractivity contribution in [2.75, 3.05) is 6.61 Å². The Labute approximate surface area is 170 Å². The lowest BCUT2D eigenvalue weighted by molar-refractivity contribution is 0.0475. The van der Waals surface area contributed by atoms with E-state index in [1.165, 1.54) is 0 Å². The third kappa shape index (κ3) is 3.57. The molecular formula is C24H26N2O3. The van der Waals surface area contributed by atoms with Crippen LogP contribution in [-0.2, 0) is 24.6 Å². The van der Waals surface area contributed by atoms with Crippen molar-refractivity contribution in [3.05, 3.63) is 64.1 Å². The van der Waals surface area contributed by atoms with E-state index in [0.717, 1.165) is 65.7 Å². The highest BCUT2D eigenvalue weighted by Gasteiger charge is 2.24. The molecule has 1 aliphatic rings. The highest BCUT2D eigenvalue weighted by atomic mass is 16.5. The summed E-state index contributed by atoms with van der Waals surface area (Å²) in [7, 11) is 1.92. The minimum Gasteiger partial charge on any atom is -0.454 e. The summed E-state index contributed by atoms with van der Waals surface area (Å²) in [5.41, 5.74) is 5.87. The fourth-order valence-corrected chi connectivity index (χ4v) is 4.20. The summed E-state index contributed by atoms with van der Waals surface area (Å²) < 4.78 is 7.50. The van der Waals surface area contributed by atoms with Gasteiger partial charge in [-0.25, -0.2) is 4.79 Å². The summed E-state index contributed by atoms with van der Waals surface area (Å²) in [5, 5.41) is 0.803. The number of aromatic nitrogens is 2. The molecule has 1 aliphatic carbocycles. The fraction of sp³-hybridized carbons (Fsp3) is 0.375. The van der Waals surface area contributed by atoms with Gasteiger partial charge >= 0.3 is 5.97 Å². The molecule has 0 bridgehead atoms. The van der Waals surface area contributed by atoms with Crippen molar-refractivity contribution in [2.45, 2.75) is 46.0 Å². The maximum absolute atomic E-state index is 13.1. The SMILES string of the molecule is Cc1cc(C(=O)COC(=O)c2c3c(nc4ccccc24)CCCCC3)c(C)n1C. The van der Waals surface area contributed by atoms with Crippen molar-refractivity contribution in [1.82, 2.24) is 9.55 Å². The predicted octanol–water partition coefficient (Wildman–Crippen LogP) is 4.50. The number of ether oxygens (including phenoxy) is 1. The van der Waals surface area contributed by atoms with E-state index in [0.29, 0.717) is 11.1 Å². The molecule has 0 saturated heterocycles. The number of carbonyl (C=O) groups excluding carboxylic acids is 2. The highest BCUT2D eigenvalue weighted by Crippen LogP contribution is 2.29. The molecule has 0 N–H and O–H groups in total. The van der Waals surface area contributed by atoms with Crippen LogP contribution in [0.5, 0.6) is 0 Å². The number of esters is 1. The number of rotatable bonds is 4. The number of nitrogens with zero attached hydrogens (tertiary/aromatic N) is 2. The minimum absolute atomic E-state index is 0.177. The first-order valence-corrected chi connectivity index (χ1v) is 10.2. The standard InChI is InChI=1S/C24H26N2O3/c1-15-13-19(16(2)26(15)3)22(27)14-29-24(28)23-17-9-5-4-6-11-20(17)25-21-12-8-7-10-18(21)23/h7-8,10,12-13H,4-6,9,11,14H2,1-3H3. The molecule has 0 radical (unpaired) electrons. The van der Waals surface area contributed by atoms with E-state index in [9.17, 15) is 9.59 Å². The number of hydrogen-bond donors (Lipinski definition) is 0. The Morgan fingerprint density at radius 3 is 2.62 bits per heavy atom. The van der Waals surface area contributed by atoms with Gasteiger partial charge in [-0.15, -0.1) is 0 Å². The Hall–Kier alpha value is -2.95. The number of pyridine rings is 1. The third-order valence-corrected chi connectivity index (χ3v) is 6.03. The van der Waals surface area contributed by atoms with Gasteiger partial charge < -0.3 is 9.30 Å². The molecule has 3 aromatic rings. The van der Waals surface area contributed by atoms with E-state index in [1.807, 2.05) is 55.8 Å². The van der Waals surface area contributed by atoms with Crippen LogP contribution in [0.4, 0.5) is 0 Å². The van der Waals surface area contributed by atoms with Crippen LogP contribution in [0.25, 0.3) is 10.9 Å². The molecule has 2 aromatic heterocycles. The van der Waals surface area contributed by atoms with Crippen molar-refractivity contribution in [3.63, 3.8) is 0 Å². The lowest BCUT2D eigenvalue weighted by Gasteiger charge is -2.14. The number of para-hydroxylation sites is 1. The number of fused-ring (bicyclic) bond motifs is 2. The van der Waals surface area contributed by atoms with Gasteiger partial charge in [0.15, 0.2) is 6.61 Å². The van der Waals surface area contributed by atoms with Crippen LogP contribution in [0.15, 0.2) is 30.3 Å². The van der Waals surface area contributed by atoms with E-state index in [4.69, 9.17) is 9.72 Å². The second-order valence-electron chi connectivity index (χ2n) is 7.83. The quantitative estimate of drug-likeness (QED) is 0.374. The monoisotopic (exact) mass is 390 g/mol. The zero-order valence-electron chi connectivity index (χ0n) is 17.2. The van der Waals surface area contributed by atoms with Crippen LogP contribution in [0.1, 0.15) is 62.6 Å². The summed E-state index contributed by atoms with van der Waals surface area (Å²) in [6.45, 7) is 3.60. The third-order valence-electron chi connectivity index (χ3n) is 6.03. The fourth-order valence-electron chi connectivity index (χ4n) is 4.20. The Kier molecular flexibility index (Phi) is 5.22. The molecule has 0 fully saturated rings. The van der Waals surface area contributed by atoms with Gasteiger partial charge in [0, 0.05) is 35.1 Å². The summed E-state index contributed by atoms with van der Waals surface area (Å²) in [5.74, 6) is -0.607. The maximum atomic E-state index is 13.1. The highest BCUT2D eigenvalue weighted by molar-refractivity contribution is 6.06. The number of carbonyl (C=O) groups is 2. The van der Waals surface area contributed by atoms with Gasteiger partial charge in [-0.3, -0.25) is 9.78 Å². The van der Waals surface area contributed by atoms with E-state index < -0.39 is 5.97 Å². The maximum Gasteiger partial charge on any atom is 0.339 e. The minimum atomic E-state index is -0.430. The average Bonchev–Trinajstić information content (AvgIpc) is 2.89. The molecule has 0 atom stereocenters. The molecule has 2 heterocycles. The Balaban J connectivity index is 1.65. The molecule has 1 aromatic carbocycles. The summed E-state index contributed by atoms with van der Waals surface area (Å²) in [6, 6.07) is 9.53. The van der Waals surface area contributed by atoms with Gasteiger partial charge in [0.05, 0.1) is 11.1 Å².